The maximum atomic E-state index is 10.1. The molecular formula is C11H18O2. The summed E-state index contributed by atoms with van der Waals surface area (Å²) >= 11 is 0. The van der Waals surface area contributed by atoms with Crippen LogP contribution < -0.4 is 0 Å². The summed E-state index contributed by atoms with van der Waals surface area (Å²) in [5, 5.41) is 0. The average Bonchev–Trinajstić information content (AvgIpc) is 2.16. The van der Waals surface area contributed by atoms with Crippen LogP contribution in [0.25, 0.3) is 0 Å². The molecule has 2 nitrogen and oxygen atoms in total. The van der Waals surface area contributed by atoms with E-state index in [9.17, 15) is 9.59 Å². The third-order valence-corrected chi connectivity index (χ3v) is 2.34. The van der Waals surface area contributed by atoms with Crippen molar-refractivity contribution in [1.29, 1.82) is 0 Å². The lowest BCUT2D eigenvalue weighted by atomic mass is 9.96. The highest BCUT2D eigenvalue weighted by molar-refractivity contribution is 5.50. The minimum atomic E-state index is 0.498. The van der Waals surface area contributed by atoms with Crippen molar-refractivity contribution in [3.05, 3.63) is 0 Å². The van der Waals surface area contributed by atoms with Crippen LogP contribution in [0.2, 0.25) is 0 Å². The Kier molecular flexibility index (Phi) is 8.95. The lowest BCUT2D eigenvalue weighted by Gasteiger charge is -2.09. The van der Waals surface area contributed by atoms with E-state index in [1.54, 1.807) is 0 Å². The molecule has 2 heteroatoms. The molecule has 0 aromatic rings. The Morgan fingerprint density at radius 2 is 1.85 bits per heavy atom. The SMILES string of the molecule is CCC(C[C]=O)CCCCC[C]=O. The first-order valence-corrected chi connectivity index (χ1v) is 5.05. The first-order chi connectivity index (χ1) is 6.35. The molecule has 0 spiro atoms. The van der Waals surface area contributed by atoms with Gasteiger partial charge in [-0.1, -0.05) is 32.6 Å². The quantitative estimate of drug-likeness (QED) is 0.513. The van der Waals surface area contributed by atoms with Crippen molar-refractivity contribution < 1.29 is 9.59 Å². The minimum Gasteiger partial charge on any atom is -0.291 e. The molecule has 0 rings (SSSR count). The Labute approximate surface area is 80.7 Å². The summed E-state index contributed by atoms with van der Waals surface area (Å²) in [5.41, 5.74) is 0. The second kappa shape index (κ2) is 9.43. The molecule has 2 radical (unpaired) electrons. The molecular weight excluding hydrogens is 164 g/mol. The number of rotatable bonds is 9. The molecule has 0 heterocycles. The van der Waals surface area contributed by atoms with Gasteiger partial charge in [0, 0.05) is 12.8 Å². The number of hydrogen-bond donors (Lipinski definition) is 0. The summed E-state index contributed by atoms with van der Waals surface area (Å²) in [6, 6.07) is 0. The van der Waals surface area contributed by atoms with Crippen molar-refractivity contribution in [3.63, 3.8) is 0 Å². The summed E-state index contributed by atoms with van der Waals surface area (Å²) in [6.45, 7) is 2.10. The van der Waals surface area contributed by atoms with Crippen LogP contribution in [-0.2, 0) is 9.59 Å². The Bertz CT molecular complexity index is 132. The van der Waals surface area contributed by atoms with Crippen molar-refractivity contribution in [2.45, 2.75) is 51.9 Å². The van der Waals surface area contributed by atoms with Gasteiger partial charge in [0.25, 0.3) is 0 Å². The van der Waals surface area contributed by atoms with E-state index in [-0.39, 0.29) is 0 Å². The van der Waals surface area contributed by atoms with Gasteiger partial charge in [0.2, 0.25) is 0 Å². The van der Waals surface area contributed by atoms with Gasteiger partial charge in [-0.25, -0.2) is 0 Å². The van der Waals surface area contributed by atoms with Gasteiger partial charge in [-0.2, -0.15) is 0 Å². The summed E-state index contributed by atoms with van der Waals surface area (Å²) < 4.78 is 0. The maximum Gasteiger partial charge on any atom is 0.198 e. The van der Waals surface area contributed by atoms with Gasteiger partial charge in [0.05, 0.1) is 0 Å². The summed E-state index contributed by atoms with van der Waals surface area (Å²) in [6.07, 6.45) is 10.2. The molecule has 0 saturated carbocycles. The lowest BCUT2D eigenvalue weighted by Crippen LogP contribution is -1.99. The van der Waals surface area contributed by atoms with Crippen molar-refractivity contribution in [1.82, 2.24) is 0 Å². The minimum absolute atomic E-state index is 0.498. The van der Waals surface area contributed by atoms with E-state index in [0.717, 1.165) is 32.1 Å². The Morgan fingerprint density at radius 1 is 1.08 bits per heavy atom. The molecule has 0 bridgehead atoms. The van der Waals surface area contributed by atoms with Gasteiger partial charge in [-0.15, -0.1) is 0 Å². The fraction of sp³-hybridized carbons (Fsp3) is 0.818. The molecule has 0 aliphatic heterocycles. The van der Waals surface area contributed by atoms with Gasteiger partial charge in [-0.3, -0.25) is 9.59 Å². The number of unbranched alkanes of at least 4 members (excludes halogenated alkanes) is 3. The van der Waals surface area contributed by atoms with Crippen LogP contribution in [0.15, 0.2) is 0 Å². The fourth-order valence-electron chi connectivity index (χ4n) is 1.38. The third kappa shape index (κ3) is 7.69. The maximum absolute atomic E-state index is 10.1. The molecule has 0 aromatic carbocycles. The molecule has 74 valence electrons. The van der Waals surface area contributed by atoms with E-state index in [0.29, 0.717) is 18.8 Å². The van der Waals surface area contributed by atoms with Gasteiger partial charge < -0.3 is 0 Å². The topological polar surface area (TPSA) is 34.1 Å². The van der Waals surface area contributed by atoms with E-state index < -0.39 is 0 Å². The van der Waals surface area contributed by atoms with Crippen LogP contribution in [0, 0.1) is 5.92 Å². The summed E-state index contributed by atoms with van der Waals surface area (Å²) in [4.78, 5) is 20.0. The Balaban J connectivity index is 3.26. The molecule has 1 unspecified atom stereocenters. The fourth-order valence-corrected chi connectivity index (χ4v) is 1.38. The van der Waals surface area contributed by atoms with Gasteiger partial charge >= 0.3 is 0 Å². The van der Waals surface area contributed by atoms with Gasteiger partial charge in [0.15, 0.2) is 12.6 Å². The zero-order valence-corrected chi connectivity index (χ0v) is 8.34. The van der Waals surface area contributed by atoms with Crippen molar-refractivity contribution in [2.24, 2.45) is 5.92 Å². The van der Waals surface area contributed by atoms with Crippen LogP contribution in [0.5, 0.6) is 0 Å². The van der Waals surface area contributed by atoms with Gasteiger partial charge in [0.1, 0.15) is 0 Å². The average molecular weight is 182 g/mol. The van der Waals surface area contributed by atoms with Gasteiger partial charge in [-0.05, 0) is 12.3 Å². The third-order valence-electron chi connectivity index (χ3n) is 2.34. The lowest BCUT2D eigenvalue weighted by molar-refractivity contribution is 0.441. The first-order valence-electron chi connectivity index (χ1n) is 5.05. The first kappa shape index (κ1) is 12.3. The van der Waals surface area contributed by atoms with Crippen LogP contribution in [0.4, 0.5) is 0 Å². The van der Waals surface area contributed by atoms with Crippen LogP contribution in [0.3, 0.4) is 0 Å². The Hall–Kier alpha value is -0.660. The molecule has 13 heavy (non-hydrogen) atoms. The van der Waals surface area contributed by atoms with E-state index in [1.807, 2.05) is 12.6 Å². The Morgan fingerprint density at radius 3 is 2.38 bits per heavy atom. The van der Waals surface area contributed by atoms with Crippen molar-refractivity contribution in [2.75, 3.05) is 0 Å². The van der Waals surface area contributed by atoms with E-state index in [4.69, 9.17) is 0 Å². The molecule has 1 atom stereocenters. The smallest absolute Gasteiger partial charge is 0.198 e. The molecule has 0 aromatic heterocycles. The van der Waals surface area contributed by atoms with Crippen molar-refractivity contribution in [3.8, 4) is 0 Å². The number of carbonyl (C=O) groups excluding carboxylic acids is 2. The normalized spacial score (nSPS) is 12.4. The van der Waals surface area contributed by atoms with E-state index in [2.05, 4.69) is 6.92 Å². The second-order valence-electron chi connectivity index (χ2n) is 3.37. The summed E-state index contributed by atoms with van der Waals surface area (Å²) in [7, 11) is 0. The van der Waals surface area contributed by atoms with Crippen molar-refractivity contribution >= 4 is 12.6 Å². The monoisotopic (exact) mass is 182 g/mol. The predicted octanol–water partition coefficient (Wildman–Crippen LogP) is 2.57. The molecule has 0 fully saturated rings. The van der Waals surface area contributed by atoms with E-state index in [1.165, 1.54) is 0 Å². The van der Waals surface area contributed by atoms with Crippen LogP contribution in [0.1, 0.15) is 51.9 Å². The predicted molar refractivity (Wildman–Crippen MR) is 52.9 cm³/mol. The number of hydrogen-bond acceptors (Lipinski definition) is 2. The van der Waals surface area contributed by atoms with E-state index >= 15 is 0 Å². The molecule has 0 N–H and O–H groups in total. The highest BCUT2D eigenvalue weighted by atomic mass is 16.1. The zero-order valence-electron chi connectivity index (χ0n) is 8.34. The second-order valence-corrected chi connectivity index (χ2v) is 3.37. The van der Waals surface area contributed by atoms with Crippen LogP contribution in [-0.4, -0.2) is 12.6 Å². The standard InChI is InChI=1S/C11H18O2/c1-2-11(8-10-13)7-5-3-4-6-9-12/h11H,2-8H2,1H3. The largest absolute Gasteiger partial charge is 0.291 e. The highest BCUT2D eigenvalue weighted by Crippen LogP contribution is 2.16. The molecule has 0 aliphatic rings. The zero-order chi connectivity index (χ0) is 9.94. The van der Waals surface area contributed by atoms with Crippen LogP contribution >= 0.6 is 0 Å². The summed E-state index contributed by atoms with van der Waals surface area (Å²) in [5.74, 6) is 0.498. The molecule has 0 saturated heterocycles. The highest BCUT2D eigenvalue weighted by Gasteiger charge is 2.04. The molecule has 0 aliphatic carbocycles. The molecule has 0 amide bonds.